The molecule has 0 amide bonds. The molecule has 1 rings (SSSR count). The molecule has 0 aromatic carbocycles. The summed E-state index contributed by atoms with van der Waals surface area (Å²) in [6.07, 6.45) is 3.74. The Morgan fingerprint density at radius 2 is 1.84 bits per heavy atom. The van der Waals surface area contributed by atoms with Crippen LogP contribution in [0.25, 0.3) is 0 Å². The number of ether oxygens (including phenoxy) is 3. The fourth-order valence-electron chi connectivity index (χ4n) is 2.20. The Morgan fingerprint density at radius 1 is 1.20 bits per heavy atom. The minimum atomic E-state index is -0.658. The first-order valence-electron chi connectivity index (χ1n) is 8.42. The van der Waals surface area contributed by atoms with Crippen molar-refractivity contribution in [3.63, 3.8) is 0 Å². The lowest BCUT2D eigenvalue weighted by atomic mass is 9.94. The van der Waals surface area contributed by atoms with Crippen LogP contribution in [-0.2, 0) is 23.8 Å². The van der Waals surface area contributed by atoms with Gasteiger partial charge >= 0.3 is 11.9 Å². The highest BCUT2D eigenvalue weighted by atomic mass is 16.5. The molecule has 7 heteroatoms. The van der Waals surface area contributed by atoms with Crippen molar-refractivity contribution in [2.45, 2.75) is 52.6 Å². The van der Waals surface area contributed by atoms with Gasteiger partial charge in [0.1, 0.15) is 24.5 Å². The molecular formula is C18H30N2O5. The lowest BCUT2D eigenvalue weighted by Gasteiger charge is -2.38. The molecule has 2 N–H and O–H groups in total. The Hall–Kier alpha value is -2.02. The number of carbonyl (C=O) groups is 2. The molecule has 0 fully saturated rings. The summed E-state index contributed by atoms with van der Waals surface area (Å²) in [4.78, 5) is 22.5. The highest BCUT2D eigenvalue weighted by molar-refractivity contribution is 5.66. The van der Waals surface area contributed by atoms with E-state index in [2.05, 4.69) is 31.4 Å². The maximum atomic E-state index is 11.3. The van der Waals surface area contributed by atoms with Crippen molar-refractivity contribution in [3.05, 3.63) is 23.6 Å². The summed E-state index contributed by atoms with van der Waals surface area (Å²) in [6.45, 7) is 12.0. The normalized spacial score (nSPS) is 20.1. The quantitative estimate of drug-likeness (QED) is 0.641. The van der Waals surface area contributed by atoms with Crippen LogP contribution in [0.15, 0.2) is 23.6 Å². The summed E-state index contributed by atoms with van der Waals surface area (Å²) >= 11 is 0. The van der Waals surface area contributed by atoms with E-state index in [4.69, 9.17) is 14.2 Å². The molecule has 0 aliphatic carbocycles. The van der Waals surface area contributed by atoms with Gasteiger partial charge < -0.3 is 24.8 Å². The van der Waals surface area contributed by atoms with E-state index in [-0.39, 0.29) is 30.7 Å². The highest BCUT2D eigenvalue weighted by Gasteiger charge is 2.34. The van der Waals surface area contributed by atoms with Gasteiger partial charge in [-0.05, 0) is 33.8 Å². The maximum absolute atomic E-state index is 11.3. The number of nitrogens with one attached hydrogen (secondary N) is 2. The van der Waals surface area contributed by atoms with Crippen molar-refractivity contribution in [1.29, 1.82) is 0 Å². The summed E-state index contributed by atoms with van der Waals surface area (Å²) in [5, 5.41) is 6.75. The highest BCUT2D eigenvalue weighted by Crippen LogP contribution is 2.22. The summed E-state index contributed by atoms with van der Waals surface area (Å²) in [5.74, 6) is -0.123. The summed E-state index contributed by atoms with van der Waals surface area (Å²) < 4.78 is 16.0. The molecule has 1 unspecified atom stereocenters. The fourth-order valence-corrected chi connectivity index (χ4v) is 2.20. The van der Waals surface area contributed by atoms with Crippen LogP contribution in [-0.4, -0.2) is 49.4 Å². The number of dihydropyridines is 1. The predicted octanol–water partition coefficient (Wildman–Crippen LogP) is 1.65. The van der Waals surface area contributed by atoms with Crippen LogP contribution < -0.4 is 10.6 Å². The molecule has 0 aromatic rings. The van der Waals surface area contributed by atoms with Gasteiger partial charge in [0.2, 0.25) is 0 Å². The van der Waals surface area contributed by atoms with E-state index >= 15 is 0 Å². The predicted molar refractivity (Wildman–Crippen MR) is 94.7 cm³/mol. The number of hydrogen-bond donors (Lipinski definition) is 2. The molecule has 1 atom stereocenters. The Kier molecular flexibility index (Phi) is 7.48. The second-order valence-corrected chi connectivity index (χ2v) is 7.05. The molecule has 25 heavy (non-hydrogen) atoms. The van der Waals surface area contributed by atoms with Crippen LogP contribution in [0.3, 0.4) is 0 Å². The van der Waals surface area contributed by atoms with Crippen LogP contribution in [0.2, 0.25) is 0 Å². The second kappa shape index (κ2) is 8.89. The molecule has 0 radical (unpaired) electrons. The minimum absolute atomic E-state index is 0.0619. The van der Waals surface area contributed by atoms with Crippen molar-refractivity contribution >= 4 is 11.9 Å². The Morgan fingerprint density at radius 3 is 2.36 bits per heavy atom. The van der Waals surface area contributed by atoms with Gasteiger partial charge in [-0.15, -0.1) is 0 Å². The van der Waals surface area contributed by atoms with Crippen LogP contribution in [0.5, 0.6) is 0 Å². The zero-order valence-electron chi connectivity index (χ0n) is 16.0. The lowest BCUT2D eigenvalue weighted by molar-refractivity contribution is -0.142. The van der Waals surface area contributed by atoms with E-state index in [1.807, 2.05) is 19.1 Å². The molecule has 7 nitrogen and oxygen atoms in total. The van der Waals surface area contributed by atoms with E-state index in [0.717, 1.165) is 0 Å². The molecule has 1 aliphatic heterocycles. The average molecular weight is 354 g/mol. The number of carbonyl (C=O) groups excluding carboxylic acids is 2. The number of esters is 2. The third kappa shape index (κ3) is 7.60. The number of rotatable bonds is 8. The third-order valence-corrected chi connectivity index (χ3v) is 3.44. The van der Waals surface area contributed by atoms with Gasteiger partial charge in [0.15, 0.2) is 0 Å². The van der Waals surface area contributed by atoms with E-state index < -0.39 is 5.54 Å². The Labute approximate surface area is 149 Å². The monoisotopic (exact) mass is 354 g/mol. The topological polar surface area (TPSA) is 85.9 Å². The van der Waals surface area contributed by atoms with Gasteiger partial charge in [0, 0.05) is 25.9 Å². The molecular weight excluding hydrogens is 324 g/mol. The van der Waals surface area contributed by atoms with Crippen LogP contribution in [0, 0.1) is 0 Å². The van der Waals surface area contributed by atoms with E-state index in [1.54, 1.807) is 0 Å². The smallest absolute Gasteiger partial charge is 0.303 e. The molecule has 0 spiro atoms. The largest absolute Gasteiger partial charge is 0.492 e. The zero-order valence-corrected chi connectivity index (χ0v) is 16.0. The van der Waals surface area contributed by atoms with Crippen LogP contribution >= 0.6 is 0 Å². The van der Waals surface area contributed by atoms with Crippen molar-refractivity contribution in [1.82, 2.24) is 10.6 Å². The molecule has 0 bridgehead atoms. The second-order valence-electron chi connectivity index (χ2n) is 7.05. The van der Waals surface area contributed by atoms with Crippen molar-refractivity contribution < 1.29 is 23.8 Å². The van der Waals surface area contributed by atoms with Gasteiger partial charge in [0.05, 0.1) is 12.3 Å². The number of allylic oxidation sites excluding steroid dienone is 1. The van der Waals surface area contributed by atoms with Crippen LogP contribution in [0.1, 0.15) is 41.5 Å². The Balaban J connectivity index is 3.02. The van der Waals surface area contributed by atoms with Crippen molar-refractivity contribution in [2.75, 3.05) is 26.4 Å². The molecule has 1 aliphatic rings. The first-order chi connectivity index (χ1) is 11.6. The minimum Gasteiger partial charge on any atom is -0.492 e. The summed E-state index contributed by atoms with van der Waals surface area (Å²) in [5.41, 5.74) is -0.129. The molecule has 142 valence electrons. The Bertz CT molecular complexity index is 548. The molecule has 0 aromatic heterocycles. The van der Waals surface area contributed by atoms with Crippen molar-refractivity contribution in [2.24, 2.45) is 0 Å². The van der Waals surface area contributed by atoms with E-state index in [1.165, 1.54) is 13.8 Å². The SMILES string of the molecule is CCOC1=C(COC(C)=O)NC(CNC(C)(C)C)(COC(C)=O)C=C1. The van der Waals surface area contributed by atoms with Gasteiger partial charge in [-0.1, -0.05) is 6.08 Å². The van der Waals surface area contributed by atoms with E-state index in [0.29, 0.717) is 24.6 Å². The van der Waals surface area contributed by atoms with Crippen molar-refractivity contribution in [3.8, 4) is 0 Å². The standard InChI is InChI=1S/C18H30N2O5/c1-7-23-16-8-9-18(12-25-14(3)22,11-19-17(4,5)6)20-15(16)10-24-13(2)21/h8-9,19-20H,7,10-12H2,1-6H3. The van der Waals surface area contributed by atoms with Crippen LogP contribution in [0.4, 0.5) is 0 Å². The van der Waals surface area contributed by atoms with Gasteiger partial charge in [0.25, 0.3) is 0 Å². The fraction of sp³-hybridized carbons (Fsp3) is 0.667. The molecule has 0 saturated carbocycles. The first-order valence-corrected chi connectivity index (χ1v) is 8.42. The molecule has 1 heterocycles. The molecule has 0 saturated heterocycles. The summed E-state index contributed by atoms with van der Waals surface area (Å²) in [7, 11) is 0. The lowest BCUT2D eigenvalue weighted by Crippen LogP contribution is -2.58. The first kappa shape index (κ1) is 21.0. The zero-order chi connectivity index (χ0) is 19.1. The maximum Gasteiger partial charge on any atom is 0.303 e. The van der Waals surface area contributed by atoms with E-state index in [9.17, 15) is 9.59 Å². The van der Waals surface area contributed by atoms with Gasteiger partial charge in [-0.25, -0.2) is 0 Å². The van der Waals surface area contributed by atoms with Gasteiger partial charge in [-0.3, -0.25) is 9.59 Å². The number of hydrogen-bond acceptors (Lipinski definition) is 7. The van der Waals surface area contributed by atoms with Gasteiger partial charge in [-0.2, -0.15) is 0 Å². The average Bonchev–Trinajstić information content (AvgIpc) is 2.50. The third-order valence-electron chi connectivity index (χ3n) is 3.44. The summed E-state index contributed by atoms with van der Waals surface area (Å²) in [6, 6.07) is 0.